The Hall–Kier alpha value is 0.130. The summed E-state index contributed by atoms with van der Waals surface area (Å²) in [5.74, 6) is 0.120. The van der Waals surface area contributed by atoms with Crippen LogP contribution in [0.15, 0.2) is 13.6 Å². The Labute approximate surface area is 130 Å². The maximum atomic E-state index is 12.5. The van der Waals surface area contributed by atoms with E-state index in [0.29, 0.717) is 0 Å². The first-order valence-electron chi connectivity index (χ1n) is 6.23. The fourth-order valence-corrected chi connectivity index (χ4v) is 4.54. The van der Waals surface area contributed by atoms with Crippen molar-refractivity contribution in [2.45, 2.75) is 46.1 Å². The van der Waals surface area contributed by atoms with Gasteiger partial charge in [-0.15, -0.1) is 11.3 Å². The van der Waals surface area contributed by atoms with Gasteiger partial charge in [0.05, 0.1) is 13.1 Å². The second-order valence-electron chi connectivity index (χ2n) is 4.54. The molecule has 0 spiro atoms. The first-order valence-corrected chi connectivity index (χ1v) is 8.63. The summed E-state index contributed by atoms with van der Waals surface area (Å²) in [7, 11) is 0. The summed E-state index contributed by atoms with van der Waals surface area (Å²) in [5, 5.41) is 0. The third kappa shape index (κ3) is 4.35. The van der Waals surface area contributed by atoms with Crippen molar-refractivity contribution in [3.05, 3.63) is 19.2 Å². The van der Waals surface area contributed by atoms with E-state index in [1.165, 1.54) is 12.8 Å². The van der Waals surface area contributed by atoms with Crippen molar-refractivity contribution >= 4 is 49.1 Å². The maximum Gasteiger partial charge on any atom is 0.256 e. The second-order valence-corrected chi connectivity index (χ2v) is 8.29. The van der Waals surface area contributed by atoms with E-state index in [0.717, 1.165) is 26.1 Å². The van der Waals surface area contributed by atoms with Gasteiger partial charge in [0.2, 0.25) is 0 Å². The zero-order chi connectivity index (χ0) is 13.7. The highest BCUT2D eigenvalue weighted by Gasteiger charge is 2.22. The smallest absolute Gasteiger partial charge is 0.256 e. The third-order valence-corrected chi connectivity index (χ3v) is 5.11. The predicted molar refractivity (Wildman–Crippen MR) is 85.4 cm³/mol. The molecule has 18 heavy (non-hydrogen) atoms. The Balaban J connectivity index is 2.79. The van der Waals surface area contributed by atoms with E-state index in [1.807, 2.05) is 11.0 Å². The van der Waals surface area contributed by atoms with Crippen LogP contribution in [-0.4, -0.2) is 23.4 Å². The maximum absolute atomic E-state index is 12.5. The van der Waals surface area contributed by atoms with E-state index in [4.69, 9.17) is 0 Å². The number of nitrogens with zero attached hydrogens (tertiary/aromatic N) is 1. The van der Waals surface area contributed by atoms with Crippen LogP contribution in [0.2, 0.25) is 0 Å². The topological polar surface area (TPSA) is 20.3 Å². The summed E-state index contributed by atoms with van der Waals surface area (Å²) >= 11 is 8.42. The molecule has 0 unspecified atom stereocenters. The van der Waals surface area contributed by atoms with E-state index in [-0.39, 0.29) is 11.9 Å². The quantitative estimate of drug-likeness (QED) is 0.596. The van der Waals surface area contributed by atoms with Crippen LogP contribution in [-0.2, 0) is 0 Å². The summed E-state index contributed by atoms with van der Waals surface area (Å²) in [6.45, 7) is 7.15. The van der Waals surface area contributed by atoms with Crippen molar-refractivity contribution in [1.29, 1.82) is 0 Å². The highest BCUT2D eigenvalue weighted by atomic mass is 79.9. The van der Waals surface area contributed by atoms with Crippen LogP contribution in [0.1, 0.15) is 50.4 Å². The molecule has 1 amide bonds. The van der Waals surface area contributed by atoms with Crippen molar-refractivity contribution in [1.82, 2.24) is 4.90 Å². The number of carbonyl (C=O) groups excluding carboxylic acids is 1. The van der Waals surface area contributed by atoms with Gasteiger partial charge < -0.3 is 4.90 Å². The minimum Gasteiger partial charge on any atom is -0.336 e. The molecule has 1 aromatic rings. The van der Waals surface area contributed by atoms with Gasteiger partial charge in [0.25, 0.3) is 5.91 Å². The van der Waals surface area contributed by atoms with Gasteiger partial charge in [-0.2, -0.15) is 0 Å². The second kappa shape index (κ2) is 7.65. The fraction of sp³-hybridized carbons (Fsp3) is 0.615. The van der Waals surface area contributed by atoms with Gasteiger partial charge in [-0.3, -0.25) is 4.79 Å². The molecule has 0 aromatic carbocycles. The SMILES string of the molecule is CCCCCN(C(=O)c1cc(Br)sc1Br)C(C)C. The van der Waals surface area contributed by atoms with E-state index in [2.05, 4.69) is 52.6 Å². The lowest BCUT2D eigenvalue weighted by Crippen LogP contribution is -2.37. The molecule has 0 saturated heterocycles. The molecule has 1 heterocycles. The molecular formula is C13H19Br2NOS. The molecule has 0 bridgehead atoms. The van der Waals surface area contributed by atoms with Crippen LogP contribution < -0.4 is 0 Å². The van der Waals surface area contributed by atoms with E-state index in [9.17, 15) is 4.79 Å². The van der Waals surface area contributed by atoms with Gasteiger partial charge in [-0.05, 0) is 58.2 Å². The van der Waals surface area contributed by atoms with E-state index < -0.39 is 0 Å². The molecular weight excluding hydrogens is 378 g/mol. The van der Waals surface area contributed by atoms with Crippen LogP contribution in [0.5, 0.6) is 0 Å². The van der Waals surface area contributed by atoms with Crippen LogP contribution >= 0.6 is 43.2 Å². The number of amides is 1. The fourth-order valence-electron chi connectivity index (χ4n) is 1.77. The Morgan fingerprint density at radius 1 is 1.39 bits per heavy atom. The van der Waals surface area contributed by atoms with Crippen molar-refractivity contribution in [3.8, 4) is 0 Å². The van der Waals surface area contributed by atoms with Gasteiger partial charge in [0.1, 0.15) is 0 Å². The van der Waals surface area contributed by atoms with Gasteiger partial charge in [-0.1, -0.05) is 19.8 Å². The highest BCUT2D eigenvalue weighted by molar-refractivity contribution is 9.12. The summed E-state index contributed by atoms with van der Waals surface area (Å²) in [6, 6.07) is 2.13. The van der Waals surface area contributed by atoms with E-state index in [1.54, 1.807) is 11.3 Å². The van der Waals surface area contributed by atoms with Crippen LogP contribution in [0, 0.1) is 0 Å². The van der Waals surface area contributed by atoms with E-state index >= 15 is 0 Å². The number of hydrogen-bond donors (Lipinski definition) is 0. The monoisotopic (exact) mass is 395 g/mol. The number of hydrogen-bond acceptors (Lipinski definition) is 2. The summed E-state index contributed by atoms with van der Waals surface area (Å²) in [4.78, 5) is 14.4. The average Bonchev–Trinajstić information content (AvgIpc) is 2.63. The minimum absolute atomic E-state index is 0.120. The molecule has 0 N–H and O–H groups in total. The van der Waals surface area contributed by atoms with Crippen LogP contribution in [0.4, 0.5) is 0 Å². The van der Waals surface area contributed by atoms with Crippen molar-refractivity contribution < 1.29 is 4.79 Å². The molecule has 0 radical (unpaired) electrons. The third-order valence-electron chi connectivity index (χ3n) is 2.77. The molecule has 0 saturated carbocycles. The Morgan fingerprint density at radius 2 is 2.06 bits per heavy atom. The van der Waals surface area contributed by atoms with Gasteiger partial charge in [-0.25, -0.2) is 0 Å². The Morgan fingerprint density at radius 3 is 2.50 bits per heavy atom. The molecule has 2 nitrogen and oxygen atoms in total. The zero-order valence-corrected chi connectivity index (χ0v) is 15.0. The molecule has 0 fully saturated rings. The zero-order valence-electron chi connectivity index (χ0n) is 11.0. The Kier molecular flexibility index (Phi) is 6.88. The Bertz CT molecular complexity index is 404. The molecule has 1 aromatic heterocycles. The highest BCUT2D eigenvalue weighted by Crippen LogP contribution is 2.32. The number of carbonyl (C=O) groups is 1. The van der Waals surface area contributed by atoms with Crippen LogP contribution in [0.3, 0.4) is 0 Å². The molecule has 1 rings (SSSR count). The van der Waals surface area contributed by atoms with Crippen molar-refractivity contribution in [2.24, 2.45) is 0 Å². The molecule has 0 aliphatic rings. The van der Waals surface area contributed by atoms with Gasteiger partial charge in [0.15, 0.2) is 0 Å². The largest absolute Gasteiger partial charge is 0.336 e. The first-order chi connectivity index (χ1) is 8.47. The van der Waals surface area contributed by atoms with Gasteiger partial charge in [0, 0.05) is 12.6 Å². The normalized spacial score (nSPS) is 11.0. The number of halogens is 2. The van der Waals surface area contributed by atoms with Crippen molar-refractivity contribution in [3.63, 3.8) is 0 Å². The van der Waals surface area contributed by atoms with Gasteiger partial charge >= 0.3 is 0 Å². The molecule has 102 valence electrons. The lowest BCUT2D eigenvalue weighted by atomic mass is 10.2. The predicted octanol–water partition coefficient (Wildman–Crippen LogP) is 5.31. The lowest BCUT2D eigenvalue weighted by molar-refractivity contribution is 0.0702. The number of thiophene rings is 1. The minimum atomic E-state index is 0.120. The summed E-state index contributed by atoms with van der Waals surface area (Å²) in [5.41, 5.74) is 0.761. The number of rotatable bonds is 6. The van der Waals surface area contributed by atoms with Crippen LogP contribution in [0.25, 0.3) is 0 Å². The first kappa shape index (κ1) is 16.2. The molecule has 0 aliphatic heterocycles. The van der Waals surface area contributed by atoms with Crippen molar-refractivity contribution in [2.75, 3.05) is 6.54 Å². The molecule has 5 heteroatoms. The molecule has 0 atom stereocenters. The average molecular weight is 397 g/mol. The number of unbranched alkanes of at least 4 members (excludes halogenated alkanes) is 2. The summed E-state index contributed by atoms with van der Waals surface area (Å²) in [6.07, 6.45) is 3.42. The standard InChI is InChI=1S/C13H19Br2NOS/c1-4-5-6-7-16(9(2)3)13(17)10-8-11(14)18-12(10)15/h8-9H,4-7H2,1-3H3. The molecule has 0 aliphatic carbocycles. The lowest BCUT2D eigenvalue weighted by Gasteiger charge is -2.26. The summed E-state index contributed by atoms with van der Waals surface area (Å²) < 4.78 is 1.88.